The van der Waals surface area contributed by atoms with E-state index >= 15 is 0 Å². The third-order valence-corrected chi connectivity index (χ3v) is 4.84. The van der Waals surface area contributed by atoms with Gasteiger partial charge in [0, 0.05) is 43.2 Å². The van der Waals surface area contributed by atoms with Crippen molar-refractivity contribution < 1.29 is 9.84 Å². The van der Waals surface area contributed by atoms with Gasteiger partial charge >= 0.3 is 0 Å². The van der Waals surface area contributed by atoms with Gasteiger partial charge in [-0.2, -0.15) is 11.8 Å². The lowest BCUT2D eigenvalue weighted by Crippen LogP contribution is -2.36. The lowest BCUT2D eigenvalue weighted by molar-refractivity contribution is 0.122. The first-order valence-electron chi connectivity index (χ1n) is 8.03. The second kappa shape index (κ2) is 9.40. The van der Waals surface area contributed by atoms with Crippen LogP contribution in [0, 0.1) is 0 Å². The topological polar surface area (TPSA) is 44.7 Å². The average Bonchev–Trinajstić information content (AvgIpc) is 2.56. The van der Waals surface area contributed by atoms with E-state index in [1.54, 1.807) is 0 Å². The summed E-state index contributed by atoms with van der Waals surface area (Å²) in [5.41, 5.74) is 2.57. The molecular weight excluding hydrogens is 296 g/mol. The van der Waals surface area contributed by atoms with Gasteiger partial charge in [-0.3, -0.25) is 0 Å². The van der Waals surface area contributed by atoms with Crippen LogP contribution in [-0.2, 0) is 4.74 Å². The van der Waals surface area contributed by atoms with Crippen LogP contribution in [0.15, 0.2) is 24.3 Å². The summed E-state index contributed by atoms with van der Waals surface area (Å²) in [7, 11) is 0. The maximum Gasteiger partial charge on any atom is 0.0642 e. The van der Waals surface area contributed by atoms with E-state index in [2.05, 4.69) is 47.7 Å². The van der Waals surface area contributed by atoms with Crippen molar-refractivity contribution in [3.63, 3.8) is 0 Å². The van der Waals surface area contributed by atoms with Crippen molar-refractivity contribution in [3.8, 4) is 0 Å². The summed E-state index contributed by atoms with van der Waals surface area (Å²) < 4.78 is 5.40. The molecule has 0 amide bonds. The van der Waals surface area contributed by atoms with Crippen molar-refractivity contribution in [1.82, 2.24) is 5.32 Å². The van der Waals surface area contributed by atoms with Gasteiger partial charge in [0.25, 0.3) is 0 Å². The van der Waals surface area contributed by atoms with Crippen LogP contribution in [0.2, 0.25) is 0 Å². The van der Waals surface area contributed by atoms with Gasteiger partial charge in [-0.15, -0.1) is 0 Å². The van der Waals surface area contributed by atoms with E-state index < -0.39 is 0 Å². The lowest BCUT2D eigenvalue weighted by atomic mass is 10.1. The number of hydrogen-bond acceptors (Lipinski definition) is 5. The van der Waals surface area contributed by atoms with Crippen molar-refractivity contribution in [1.29, 1.82) is 0 Å². The maximum absolute atomic E-state index is 9.16. The molecule has 2 N–H and O–H groups in total. The van der Waals surface area contributed by atoms with Gasteiger partial charge in [0.2, 0.25) is 0 Å². The summed E-state index contributed by atoms with van der Waals surface area (Å²) in [5, 5.41) is 12.8. The highest BCUT2D eigenvalue weighted by Gasteiger charge is 2.14. The molecule has 2 atom stereocenters. The number of ether oxygens (including phenoxy) is 1. The molecule has 2 unspecified atom stereocenters. The van der Waals surface area contributed by atoms with Gasteiger partial charge in [0.05, 0.1) is 13.2 Å². The first-order valence-corrected chi connectivity index (χ1v) is 9.42. The van der Waals surface area contributed by atoms with Crippen LogP contribution in [0.25, 0.3) is 0 Å². The zero-order chi connectivity index (χ0) is 15.8. The van der Waals surface area contributed by atoms with Crippen molar-refractivity contribution in [3.05, 3.63) is 29.8 Å². The smallest absolute Gasteiger partial charge is 0.0642 e. The molecule has 1 aliphatic heterocycles. The number of morpholine rings is 1. The van der Waals surface area contributed by atoms with E-state index in [0.29, 0.717) is 12.1 Å². The third kappa shape index (κ3) is 5.16. The van der Waals surface area contributed by atoms with E-state index in [9.17, 15) is 0 Å². The molecule has 1 aromatic carbocycles. The minimum absolute atomic E-state index is 0.237. The number of thioether (sulfide) groups is 1. The highest BCUT2D eigenvalue weighted by atomic mass is 32.2. The molecule has 0 saturated carbocycles. The Hall–Kier alpha value is -0.750. The Morgan fingerprint density at radius 3 is 2.55 bits per heavy atom. The van der Waals surface area contributed by atoms with Gasteiger partial charge in [0.1, 0.15) is 0 Å². The highest BCUT2D eigenvalue weighted by molar-refractivity contribution is 7.98. The second-order valence-corrected chi connectivity index (χ2v) is 6.65. The maximum atomic E-state index is 9.16. The fourth-order valence-electron chi connectivity index (χ4n) is 2.82. The number of aliphatic hydroxyl groups is 1. The van der Waals surface area contributed by atoms with Gasteiger partial charge in [-0.25, -0.2) is 0 Å². The van der Waals surface area contributed by atoms with E-state index in [1.165, 1.54) is 11.3 Å². The van der Waals surface area contributed by atoms with E-state index in [4.69, 9.17) is 9.84 Å². The number of nitrogens with zero attached hydrogens (tertiary/aromatic N) is 1. The average molecular weight is 324 g/mol. The molecule has 4 nitrogen and oxygen atoms in total. The molecule has 1 aliphatic rings. The largest absolute Gasteiger partial charge is 0.396 e. The monoisotopic (exact) mass is 324 g/mol. The highest BCUT2D eigenvalue weighted by Crippen LogP contribution is 2.21. The molecule has 0 aliphatic carbocycles. The molecule has 0 radical (unpaired) electrons. The molecule has 1 aromatic rings. The summed E-state index contributed by atoms with van der Waals surface area (Å²) >= 11 is 1.82. The normalized spacial score (nSPS) is 18.2. The van der Waals surface area contributed by atoms with Crippen LogP contribution in [0.3, 0.4) is 0 Å². The molecule has 22 heavy (non-hydrogen) atoms. The van der Waals surface area contributed by atoms with Crippen LogP contribution in [0.4, 0.5) is 5.69 Å². The zero-order valence-electron chi connectivity index (χ0n) is 13.6. The number of rotatable bonds is 8. The van der Waals surface area contributed by atoms with Crippen molar-refractivity contribution >= 4 is 17.4 Å². The first-order chi connectivity index (χ1) is 10.7. The predicted octanol–water partition coefficient (Wildman–Crippen LogP) is 2.29. The van der Waals surface area contributed by atoms with E-state index in [-0.39, 0.29) is 6.61 Å². The predicted molar refractivity (Wildman–Crippen MR) is 94.9 cm³/mol. The summed E-state index contributed by atoms with van der Waals surface area (Å²) in [6, 6.07) is 9.47. The molecule has 1 saturated heterocycles. The minimum Gasteiger partial charge on any atom is -0.396 e. The van der Waals surface area contributed by atoms with Gasteiger partial charge in [-0.05, 0) is 37.3 Å². The van der Waals surface area contributed by atoms with Crippen LogP contribution >= 0.6 is 11.8 Å². The van der Waals surface area contributed by atoms with Crippen molar-refractivity contribution in [2.75, 3.05) is 49.8 Å². The summed E-state index contributed by atoms with van der Waals surface area (Å²) in [6.07, 6.45) is 2.91. The summed E-state index contributed by atoms with van der Waals surface area (Å²) in [4.78, 5) is 2.37. The second-order valence-electron chi connectivity index (χ2n) is 5.74. The SMILES string of the molecule is CSCC(CCO)NC(C)c1ccc(N2CCOCC2)cc1. The number of benzene rings is 1. The Labute approximate surface area is 138 Å². The van der Waals surface area contributed by atoms with Crippen molar-refractivity contribution in [2.24, 2.45) is 0 Å². The molecule has 1 fully saturated rings. The first kappa shape index (κ1) is 17.6. The molecule has 124 valence electrons. The summed E-state index contributed by atoms with van der Waals surface area (Å²) in [5.74, 6) is 1.02. The van der Waals surface area contributed by atoms with Crippen LogP contribution in [0.1, 0.15) is 24.9 Å². The Morgan fingerprint density at radius 2 is 1.95 bits per heavy atom. The van der Waals surface area contributed by atoms with E-state index in [1.807, 2.05) is 11.8 Å². The fourth-order valence-corrected chi connectivity index (χ4v) is 3.48. The quantitative estimate of drug-likeness (QED) is 0.768. The molecule has 2 rings (SSSR count). The van der Waals surface area contributed by atoms with Crippen LogP contribution < -0.4 is 10.2 Å². The summed E-state index contributed by atoms with van der Waals surface area (Å²) in [6.45, 7) is 6.00. The molecule has 1 heterocycles. The Bertz CT molecular complexity index is 415. The molecule has 5 heteroatoms. The Morgan fingerprint density at radius 1 is 1.27 bits per heavy atom. The molecule has 0 aromatic heterocycles. The molecule has 0 bridgehead atoms. The minimum atomic E-state index is 0.237. The van der Waals surface area contributed by atoms with E-state index in [0.717, 1.165) is 38.5 Å². The van der Waals surface area contributed by atoms with Crippen LogP contribution in [-0.4, -0.2) is 56.1 Å². The molecule has 0 spiro atoms. The number of anilines is 1. The standard InChI is InChI=1S/C17H28N2O2S/c1-14(18-16(7-10-20)13-22-2)15-3-5-17(6-4-15)19-8-11-21-12-9-19/h3-6,14,16,18,20H,7-13H2,1-2H3. The van der Waals surface area contributed by atoms with Gasteiger partial charge in [-0.1, -0.05) is 12.1 Å². The Balaban J connectivity index is 1.93. The van der Waals surface area contributed by atoms with Gasteiger partial charge in [0.15, 0.2) is 0 Å². The third-order valence-electron chi connectivity index (χ3n) is 4.10. The number of nitrogens with one attached hydrogen (secondary N) is 1. The number of aliphatic hydroxyl groups excluding tert-OH is 1. The van der Waals surface area contributed by atoms with Gasteiger partial charge < -0.3 is 20.1 Å². The zero-order valence-corrected chi connectivity index (χ0v) is 14.4. The Kier molecular flexibility index (Phi) is 7.52. The van der Waals surface area contributed by atoms with Crippen LogP contribution in [0.5, 0.6) is 0 Å². The molecular formula is C17H28N2O2S. The van der Waals surface area contributed by atoms with Crippen molar-refractivity contribution in [2.45, 2.75) is 25.4 Å². The fraction of sp³-hybridized carbons (Fsp3) is 0.647. The number of hydrogen-bond donors (Lipinski definition) is 2. The lowest BCUT2D eigenvalue weighted by Gasteiger charge is -2.29.